The van der Waals surface area contributed by atoms with E-state index in [4.69, 9.17) is 17.3 Å². The lowest BCUT2D eigenvalue weighted by atomic mass is 9.72. The number of rotatable bonds is 3. The highest BCUT2D eigenvalue weighted by Gasteiger charge is 2.33. The van der Waals surface area contributed by atoms with Crippen molar-refractivity contribution in [3.8, 4) is 0 Å². The molecule has 3 N–H and O–H groups in total. The summed E-state index contributed by atoms with van der Waals surface area (Å²) < 4.78 is 0.955. The molecule has 3 aromatic rings. The van der Waals surface area contributed by atoms with Crippen LogP contribution >= 0.6 is 34.3 Å². The van der Waals surface area contributed by atoms with E-state index >= 15 is 0 Å². The highest BCUT2D eigenvalue weighted by Crippen LogP contribution is 2.44. The Morgan fingerprint density at radius 2 is 1.93 bits per heavy atom. The van der Waals surface area contributed by atoms with Gasteiger partial charge in [0, 0.05) is 15.0 Å². The van der Waals surface area contributed by atoms with E-state index in [0.717, 1.165) is 39.8 Å². The molecule has 0 saturated heterocycles. The van der Waals surface area contributed by atoms with Crippen molar-refractivity contribution in [3.63, 3.8) is 0 Å². The second-order valence-electron chi connectivity index (χ2n) is 8.57. The fourth-order valence-electron chi connectivity index (χ4n) is 3.99. The number of halogens is 1. The number of hydrogen-bond acceptors (Lipinski definition) is 4. The number of carbonyl (C=O) groups is 2. The molecule has 2 heterocycles. The first kappa shape index (κ1) is 20.4. The number of carbonyl (C=O) groups excluding carboxylic acids is 2. The van der Waals surface area contributed by atoms with Crippen LogP contribution in [0.4, 0.5) is 5.00 Å². The van der Waals surface area contributed by atoms with E-state index < -0.39 is 5.91 Å². The standard InChI is InChI=1S/C22H23ClN2O2S2/c1-22(2,3)11-8-9-12-15(10-11)29-21(16(12)19(24)26)25-20(27)18-17(23)13-6-4-5-7-14(13)28-18/h4-7,11H,8-10H2,1-3H3,(H2,24,26)(H,25,27). The summed E-state index contributed by atoms with van der Waals surface area (Å²) in [6.45, 7) is 6.74. The predicted octanol–water partition coefficient (Wildman–Crippen LogP) is 6.12. The number of benzene rings is 1. The average molecular weight is 447 g/mol. The Labute approximate surface area is 183 Å². The number of nitrogens with one attached hydrogen (secondary N) is 1. The monoisotopic (exact) mass is 446 g/mol. The van der Waals surface area contributed by atoms with Crippen LogP contribution in [0.1, 0.15) is 57.7 Å². The normalized spacial score (nSPS) is 16.6. The quantitative estimate of drug-likeness (QED) is 0.508. The van der Waals surface area contributed by atoms with Crippen molar-refractivity contribution in [3.05, 3.63) is 50.2 Å². The molecule has 0 saturated carbocycles. The van der Waals surface area contributed by atoms with Gasteiger partial charge < -0.3 is 11.1 Å². The van der Waals surface area contributed by atoms with Gasteiger partial charge in [-0.25, -0.2) is 0 Å². The lowest BCUT2D eigenvalue weighted by Crippen LogP contribution is -2.27. The summed E-state index contributed by atoms with van der Waals surface area (Å²) in [5, 5.41) is 4.76. The second-order valence-corrected chi connectivity index (χ2v) is 11.1. The van der Waals surface area contributed by atoms with Crippen LogP contribution in [0.15, 0.2) is 24.3 Å². The molecular weight excluding hydrogens is 424 g/mol. The van der Waals surface area contributed by atoms with Gasteiger partial charge in [0.2, 0.25) is 0 Å². The molecular formula is C22H23ClN2O2S2. The summed E-state index contributed by atoms with van der Waals surface area (Å²) in [6, 6.07) is 7.65. The van der Waals surface area contributed by atoms with Crippen LogP contribution < -0.4 is 11.1 Å². The van der Waals surface area contributed by atoms with Crippen molar-refractivity contribution in [2.45, 2.75) is 40.0 Å². The van der Waals surface area contributed by atoms with Crippen LogP contribution in [0.5, 0.6) is 0 Å². The highest BCUT2D eigenvalue weighted by molar-refractivity contribution is 7.22. The molecule has 7 heteroatoms. The van der Waals surface area contributed by atoms with Crippen molar-refractivity contribution in [1.82, 2.24) is 0 Å². The molecule has 4 nitrogen and oxygen atoms in total. The summed E-state index contributed by atoms with van der Waals surface area (Å²) in [5.41, 5.74) is 7.36. The minimum atomic E-state index is -0.491. The van der Waals surface area contributed by atoms with Crippen molar-refractivity contribution in [2.24, 2.45) is 17.1 Å². The zero-order valence-electron chi connectivity index (χ0n) is 16.6. The van der Waals surface area contributed by atoms with Gasteiger partial charge in [0.05, 0.1) is 10.6 Å². The number of amides is 2. The second kappa shape index (κ2) is 7.42. The van der Waals surface area contributed by atoms with E-state index in [9.17, 15) is 9.59 Å². The van der Waals surface area contributed by atoms with Crippen LogP contribution in [-0.4, -0.2) is 11.8 Å². The molecule has 1 aliphatic carbocycles. The largest absolute Gasteiger partial charge is 0.365 e. The van der Waals surface area contributed by atoms with Crippen molar-refractivity contribution in [2.75, 3.05) is 5.32 Å². The maximum atomic E-state index is 13.0. The Morgan fingerprint density at radius 3 is 2.59 bits per heavy atom. The minimum absolute atomic E-state index is 0.197. The Balaban J connectivity index is 1.68. The smallest absolute Gasteiger partial charge is 0.267 e. The molecule has 0 radical (unpaired) electrons. The maximum Gasteiger partial charge on any atom is 0.267 e. The third kappa shape index (κ3) is 3.69. The van der Waals surface area contributed by atoms with E-state index in [0.29, 0.717) is 26.4 Å². The molecule has 0 fully saturated rings. The number of hydrogen-bond donors (Lipinski definition) is 2. The molecule has 1 unspecified atom stereocenters. The van der Waals surface area contributed by atoms with Crippen LogP contribution in [0.2, 0.25) is 5.02 Å². The molecule has 0 spiro atoms. The van der Waals surface area contributed by atoms with Crippen LogP contribution in [0.25, 0.3) is 10.1 Å². The molecule has 152 valence electrons. The van der Waals surface area contributed by atoms with Crippen molar-refractivity contribution < 1.29 is 9.59 Å². The van der Waals surface area contributed by atoms with Crippen LogP contribution in [-0.2, 0) is 12.8 Å². The van der Waals surface area contributed by atoms with Crippen LogP contribution in [0.3, 0.4) is 0 Å². The number of anilines is 1. The first-order chi connectivity index (χ1) is 13.7. The third-order valence-corrected chi connectivity index (χ3v) is 8.55. The molecule has 4 rings (SSSR count). The van der Waals surface area contributed by atoms with Gasteiger partial charge in [0.25, 0.3) is 11.8 Å². The Kier molecular flexibility index (Phi) is 5.21. The molecule has 0 aliphatic heterocycles. The van der Waals surface area contributed by atoms with E-state index in [-0.39, 0.29) is 11.3 Å². The van der Waals surface area contributed by atoms with Gasteiger partial charge in [0.1, 0.15) is 9.88 Å². The molecule has 2 amide bonds. The molecule has 0 bridgehead atoms. The molecule has 29 heavy (non-hydrogen) atoms. The molecule has 1 aromatic carbocycles. The van der Waals surface area contributed by atoms with E-state index in [1.807, 2.05) is 24.3 Å². The lowest BCUT2D eigenvalue weighted by molar-refractivity contribution is 0.1000. The maximum absolute atomic E-state index is 13.0. The topological polar surface area (TPSA) is 72.2 Å². The van der Waals surface area contributed by atoms with Gasteiger partial charge in [-0.1, -0.05) is 50.6 Å². The fourth-order valence-corrected chi connectivity index (χ4v) is 6.73. The fraction of sp³-hybridized carbons (Fsp3) is 0.364. The number of fused-ring (bicyclic) bond motifs is 2. The highest BCUT2D eigenvalue weighted by atomic mass is 35.5. The van der Waals surface area contributed by atoms with Gasteiger partial charge in [0.15, 0.2) is 0 Å². The van der Waals surface area contributed by atoms with Gasteiger partial charge in [-0.15, -0.1) is 22.7 Å². The van der Waals surface area contributed by atoms with Crippen molar-refractivity contribution >= 4 is 61.2 Å². The first-order valence-electron chi connectivity index (χ1n) is 9.59. The van der Waals surface area contributed by atoms with E-state index in [1.54, 1.807) is 0 Å². The predicted molar refractivity (Wildman–Crippen MR) is 123 cm³/mol. The molecule has 1 atom stereocenters. The van der Waals surface area contributed by atoms with Crippen LogP contribution in [0, 0.1) is 11.3 Å². The van der Waals surface area contributed by atoms with Crippen molar-refractivity contribution in [1.29, 1.82) is 0 Å². The zero-order valence-corrected chi connectivity index (χ0v) is 19.0. The summed E-state index contributed by atoms with van der Waals surface area (Å²) in [4.78, 5) is 26.8. The summed E-state index contributed by atoms with van der Waals surface area (Å²) in [5.74, 6) is -0.255. The third-order valence-electron chi connectivity index (χ3n) is 5.70. The van der Waals surface area contributed by atoms with Gasteiger partial charge in [-0.2, -0.15) is 0 Å². The Hall–Kier alpha value is -1.89. The lowest BCUT2D eigenvalue weighted by Gasteiger charge is -2.33. The summed E-state index contributed by atoms with van der Waals surface area (Å²) in [6.07, 6.45) is 2.73. The molecule has 1 aliphatic rings. The SMILES string of the molecule is CC(C)(C)C1CCc2c(sc(NC(=O)c3sc4ccccc4c3Cl)c2C(N)=O)C1. The zero-order chi connectivity index (χ0) is 20.9. The molecule has 2 aromatic heterocycles. The Morgan fingerprint density at radius 1 is 1.21 bits per heavy atom. The number of nitrogens with two attached hydrogens (primary N) is 1. The number of primary amides is 1. The minimum Gasteiger partial charge on any atom is -0.365 e. The van der Waals surface area contributed by atoms with E-state index in [1.165, 1.54) is 22.7 Å². The average Bonchev–Trinajstić information content (AvgIpc) is 3.18. The van der Waals surface area contributed by atoms with Gasteiger partial charge in [-0.3, -0.25) is 9.59 Å². The van der Waals surface area contributed by atoms with Gasteiger partial charge >= 0.3 is 0 Å². The van der Waals surface area contributed by atoms with E-state index in [2.05, 4.69) is 26.1 Å². The number of thiophene rings is 2. The summed E-state index contributed by atoms with van der Waals surface area (Å²) in [7, 11) is 0. The van der Waals surface area contributed by atoms with Gasteiger partial charge in [-0.05, 0) is 42.2 Å². The Bertz CT molecular complexity index is 1120. The first-order valence-corrected chi connectivity index (χ1v) is 11.6. The summed E-state index contributed by atoms with van der Waals surface area (Å²) >= 11 is 9.28.